The number of hydrogen-bond acceptors (Lipinski definition) is 3. The molecule has 0 aromatic heterocycles. The molecule has 0 heterocycles. The fourth-order valence-corrected chi connectivity index (χ4v) is 1.07. The van der Waals surface area contributed by atoms with E-state index in [0.29, 0.717) is 5.75 Å². The van der Waals surface area contributed by atoms with E-state index in [4.69, 9.17) is 9.47 Å². The van der Waals surface area contributed by atoms with Crippen LogP contribution in [-0.2, 0) is 4.74 Å². The smallest absolute Gasteiger partial charge is 0.427 e. The van der Waals surface area contributed by atoms with Crippen molar-refractivity contribution in [1.29, 1.82) is 0 Å². The number of carbonyl (C=O) groups excluding carboxylic acids is 1. The summed E-state index contributed by atoms with van der Waals surface area (Å²) in [6.07, 6.45) is 2.63. The van der Waals surface area contributed by atoms with Crippen LogP contribution < -0.4 is 4.74 Å². The van der Waals surface area contributed by atoms with E-state index >= 15 is 0 Å². The lowest BCUT2D eigenvalue weighted by Gasteiger charge is -2.08. The molecule has 0 spiro atoms. The van der Waals surface area contributed by atoms with Gasteiger partial charge in [-0.05, 0) is 32.1 Å². The summed E-state index contributed by atoms with van der Waals surface area (Å²) in [5, 5.41) is 0. The van der Waals surface area contributed by atoms with Gasteiger partial charge >= 0.3 is 6.16 Å². The fraction of sp³-hybridized carbons (Fsp3) is 0.250. The molecule has 0 amide bonds. The maximum Gasteiger partial charge on any atom is 0.514 e. The Kier molecular flexibility index (Phi) is 4.41. The van der Waals surface area contributed by atoms with E-state index in [9.17, 15) is 4.79 Å². The molecule has 15 heavy (non-hydrogen) atoms. The maximum absolute atomic E-state index is 11.2. The largest absolute Gasteiger partial charge is 0.514 e. The number of rotatable bonds is 3. The molecule has 0 aliphatic rings. The molecule has 0 aliphatic carbocycles. The summed E-state index contributed by atoms with van der Waals surface area (Å²) in [7, 11) is 0. The van der Waals surface area contributed by atoms with E-state index in [1.54, 1.807) is 37.3 Å². The normalized spacial score (nSPS) is 12.4. The van der Waals surface area contributed by atoms with Gasteiger partial charge in [-0.2, -0.15) is 0 Å². The van der Waals surface area contributed by atoms with Crippen LogP contribution >= 0.6 is 0 Å². The minimum Gasteiger partial charge on any atom is -0.427 e. The first-order valence-corrected chi connectivity index (χ1v) is 4.78. The molecule has 1 unspecified atom stereocenters. The first-order valence-electron chi connectivity index (χ1n) is 4.78. The van der Waals surface area contributed by atoms with Crippen LogP contribution in [0.1, 0.15) is 13.8 Å². The van der Waals surface area contributed by atoms with Gasteiger partial charge in [0.05, 0.1) is 0 Å². The number of ether oxygens (including phenoxy) is 2. The molecular formula is C12H14O3. The van der Waals surface area contributed by atoms with Gasteiger partial charge in [-0.25, -0.2) is 4.79 Å². The van der Waals surface area contributed by atoms with Gasteiger partial charge in [-0.3, -0.25) is 0 Å². The molecule has 1 aromatic rings. The number of benzene rings is 1. The summed E-state index contributed by atoms with van der Waals surface area (Å²) in [5.41, 5.74) is 0. The Hall–Kier alpha value is -1.77. The van der Waals surface area contributed by atoms with E-state index < -0.39 is 6.16 Å². The van der Waals surface area contributed by atoms with Gasteiger partial charge in [-0.1, -0.05) is 24.3 Å². The molecule has 0 fully saturated rings. The lowest BCUT2D eigenvalue weighted by molar-refractivity contribution is 0.0823. The standard InChI is InChI=1S/C12H14O3/c1-3-7-10(2)14-12(13)15-11-8-5-4-6-9-11/h3-10H,1-2H3. The second-order valence-corrected chi connectivity index (χ2v) is 3.01. The van der Waals surface area contributed by atoms with Crippen molar-refractivity contribution in [3.8, 4) is 5.75 Å². The molecule has 1 rings (SSSR count). The first-order chi connectivity index (χ1) is 7.22. The summed E-state index contributed by atoms with van der Waals surface area (Å²) >= 11 is 0. The van der Waals surface area contributed by atoms with E-state index in [1.165, 1.54) is 0 Å². The molecule has 0 N–H and O–H groups in total. The van der Waals surface area contributed by atoms with Gasteiger partial charge < -0.3 is 9.47 Å². The molecule has 0 saturated heterocycles. The van der Waals surface area contributed by atoms with Gasteiger partial charge in [0.25, 0.3) is 0 Å². The lowest BCUT2D eigenvalue weighted by atomic mass is 10.3. The molecule has 0 saturated carbocycles. The predicted molar refractivity (Wildman–Crippen MR) is 57.8 cm³/mol. The second kappa shape index (κ2) is 5.86. The van der Waals surface area contributed by atoms with Crippen molar-refractivity contribution in [1.82, 2.24) is 0 Å². The fourth-order valence-electron chi connectivity index (χ4n) is 1.07. The minimum atomic E-state index is -0.688. The average molecular weight is 206 g/mol. The summed E-state index contributed by atoms with van der Waals surface area (Å²) in [5.74, 6) is 0.482. The van der Waals surface area contributed by atoms with Crippen LogP contribution in [0.25, 0.3) is 0 Å². The zero-order chi connectivity index (χ0) is 11.1. The van der Waals surface area contributed by atoms with Crippen LogP contribution in [0.5, 0.6) is 5.75 Å². The summed E-state index contributed by atoms with van der Waals surface area (Å²) in [6.45, 7) is 3.63. The molecular weight excluding hydrogens is 192 g/mol. The quantitative estimate of drug-likeness (QED) is 0.433. The van der Waals surface area contributed by atoms with Gasteiger partial charge in [-0.15, -0.1) is 0 Å². The lowest BCUT2D eigenvalue weighted by Crippen LogP contribution is -2.16. The van der Waals surface area contributed by atoms with Crippen molar-refractivity contribution < 1.29 is 14.3 Å². The highest BCUT2D eigenvalue weighted by atomic mass is 16.7. The van der Waals surface area contributed by atoms with Gasteiger partial charge in [0.2, 0.25) is 0 Å². The van der Waals surface area contributed by atoms with Crippen molar-refractivity contribution in [2.24, 2.45) is 0 Å². The number of hydrogen-bond donors (Lipinski definition) is 0. The highest BCUT2D eigenvalue weighted by molar-refractivity contribution is 5.64. The Labute approximate surface area is 89.3 Å². The number of carbonyl (C=O) groups is 1. The summed E-state index contributed by atoms with van der Waals surface area (Å²) < 4.78 is 9.88. The molecule has 3 heteroatoms. The zero-order valence-electron chi connectivity index (χ0n) is 8.84. The molecule has 80 valence electrons. The average Bonchev–Trinajstić information content (AvgIpc) is 2.19. The van der Waals surface area contributed by atoms with Crippen molar-refractivity contribution in [2.45, 2.75) is 20.0 Å². The maximum atomic E-state index is 11.2. The first kappa shape index (κ1) is 11.3. The second-order valence-electron chi connectivity index (χ2n) is 3.01. The molecule has 0 bridgehead atoms. The predicted octanol–water partition coefficient (Wildman–Crippen LogP) is 3.17. The van der Waals surface area contributed by atoms with E-state index in [2.05, 4.69) is 0 Å². The van der Waals surface area contributed by atoms with Crippen molar-refractivity contribution in [2.75, 3.05) is 0 Å². The Morgan fingerprint density at radius 3 is 2.60 bits per heavy atom. The van der Waals surface area contributed by atoms with Crippen LogP contribution in [-0.4, -0.2) is 12.3 Å². The SMILES string of the molecule is CC=CC(C)OC(=O)Oc1ccccc1. The Bertz CT molecular complexity index is 330. The van der Waals surface area contributed by atoms with Crippen LogP contribution in [0.4, 0.5) is 4.79 Å². The van der Waals surface area contributed by atoms with Crippen molar-refractivity contribution in [3.05, 3.63) is 42.5 Å². The Morgan fingerprint density at radius 2 is 2.00 bits per heavy atom. The molecule has 0 aliphatic heterocycles. The zero-order valence-corrected chi connectivity index (χ0v) is 8.84. The molecule has 1 aromatic carbocycles. The van der Waals surface area contributed by atoms with Gasteiger partial charge in [0.1, 0.15) is 11.9 Å². The molecule has 1 atom stereocenters. The number of allylic oxidation sites excluding steroid dienone is 1. The summed E-state index contributed by atoms with van der Waals surface area (Å²) in [4.78, 5) is 11.2. The van der Waals surface area contributed by atoms with Gasteiger partial charge in [0, 0.05) is 0 Å². The number of para-hydroxylation sites is 1. The van der Waals surface area contributed by atoms with Crippen LogP contribution in [0.3, 0.4) is 0 Å². The third-order valence-corrected chi connectivity index (χ3v) is 1.69. The minimum absolute atomic E-state index is 0.272. The Balaban J connectivity index is 2.43. The monoisotopic (exact) mass is 206 g/mol. The van der Waals surface area contributed by atoms with Crippen LogP contribution in [0.15, 0.2) is 42.5 Å². The van der Waals surface area contributed by atoms with Gasteiger partial charge in [0.15, 0.2) is 0 Å². The third-order valence-electron chi connectivity index (χ3n) is 1.69. The molecule has 3 nitrogen and oxygen atoms in total. The third kappa shape index (κ3) is 4.31. The Morgan fingerprint density at radius 1 is 1.33 bits per heavy atom. The highest BCUT2D eigenvalue weighted by Gasteiger charge is 2.08. The van der Waals surface area contributed by atoms with Crippen LogP contribution in [0, 0.1) is 0 Å². The molecule has 0 radical (unpaired) electrons. The highest BCUT2D eigenvalue weighted by Crippen LogP contribution is 2.09. The topological polar surface area (TPSA) is 35.5 Å². The van der Waals surface area contributed by atoms with E-state index in [1.807, 2.05) is 19.1 Å². The van der Waals surface area contributed by atoms with Crippen LogP contribution in [0.2, 0.25) is 0 Å². The van der Waals surface area contributed by atoms with Crippen molar-refractivity contribution in [3.63, 3.8) is 0 Å². The van der Waals surface area contributed by atoms with Crippen molar-refractivity contribution >= 4 is 6.16 Å². The van der Waals surface area contributed by atoms with E-state index in [-0.39, 0.29) is 6.10 Å². The summed E-state index contributed by atoms with van der Waals surface area (Å²) in [6, 6.07) is 8.82. The van der Waals surface area contributed by atoms with E-state index in [0.717, 1.165) is 0 Å².